The molecule has 1 rings (SSSR count). The molecule has 1 N–H and O–H groups in total. The lowest BCUT2D eigenvalue weighted by atomic mass is 10.1. The predicted octanol–water partition coefficient (Wildman–Crippen LogP) is 2.66. The highest BCUT2D eigenvalue weighted by Gasteiger charge is 2.12. The smallest absolute Gasteiger partial charge is 0.0663 e. The molecule has 0 aromatic heterocycles. The third kappa shape index (κ3) is 5.40. The number of halogens is 1. The molecule has 0 saturated carbocycles. The van der Waals surface area contributed by atoms with E-state index in [2.05, 4.69) is 58.3 Å². The third-order valence-electron chi connectivity index (χ3n) is 3.27. The van der Waals surface area contributed by atoms with Crippen LogP contribution in [0.2, 0.25) is 0 Å². The quantitative estimate of drug-likeness (QED) is 0.698. The van der Waals surface area contributed by atoms with Crippen LogP contribution in [-0.4, -0.2) is 47.1 Å². The maximum Gasteiger partial charge on any atom is 0.0663 e. The van der Waals surface area contributed by atoms with Crippen LogP contribution in [-0.2, 0) is 16.0 Å². The summed E-state index contributed by atoms with van der Waals surface area (Å²) in [5.41, 5.74) is 2.43. The highest BCUT2D eigenvalue weighted by molar-refractivity contribution is 9.10. The van der Waals surface area contributed by atoms with Crippen LogP contribution >= 0.6 is 15.9 Å². The Morgan fingerprint density at radius 3 is 2.65 bits per heavy atom. The summed E-state index contributed by atoms with van der Waals surface area (Å²) in [6.07, 6.45) is 0. The van der Waals surface area contributed by atoms with Crippen LogP contribution in [0.5, 0.6) is 0 Å². The Labute approximate surface area is 130 Å². The average Bonchev–Trinajstić information content (AvgIpc) is 2.43. The van der Waals surface area contributed by atoms with Crippen LogP contribution in [0.15, 0.2) is 22.7 Å². The molecule has 0 amide bonds. The van der Waals surface area contributed by atoms with E-state index < -0.39 is 0 Å². The molecule has 20 heavy (non-hydrogen) atoms. The fraction of sp³-hybridized carbons (Fsp3) is 0.600. The van der Waals surface area contributed by atoms with Crippen molar-refractivity contribution >= 4 is 21.6 Å². The molecule has 114 valence electrons. The Morgan fingerprint density at radius 1 is 1.30 bits per heavy atom. The molecule has 0 aliphatic heterocycles. The van der Waals surface area contributed by atoms with Gasteiger partial charge in [-0.3, -0.25) is 0 Å². The van der Waals surface area contributed by atoms with Gasteiger partial charge in [-0.05, 0) is 40.5 Å². The highest BCUT2D eigenvalue weighted by atomic mass is 79.9. The number of anilines is 1. The number of nitrogens with one attached hydrogen (secondary N) is 1. The van der Waals surface area contributed by atoms with Crippen molar-refractivity contribution in [3.63, 3.8) is 0 Å². The molecule has 0 radical (unpaired) electrons. The van der Waals surface area contributed by atoms with Gasteiger partial charge in [-0.25, -0.2) is 0 Å². The fourth-order valence-corrected chi connectivity index (χ4v) is 2.65. The van der Waals surface area contributed by atoms with Gasteiger partial charge in [-0.15, -0.1) is 0 Å². The first-order valence-electron chi connectivity index (χ1n) is 6.80. The highest BCUT2D eigenvalue weighted by Crippen LogP contribution is 2.27. The van der Waals surface area contributed by atoms with Crippen LogP contribution in [0.3, 0.4) is 0 Å². The van der Waals surface area contributed by atoms with Crippen LogP contribution in [0, 0.1) is 0 Å². The Morgan fingerprint density at radius 2 is 2.05 bits per heavy atom. The van der Waals surface area contributed by atoms with E-state index in [1.165, 1.54) is 11.3 Å². The molecule has 1 atom stereocenters. The van der Waals surface area contributed by atoms with Gasteiger partial charge in [0.1, 0.15) is 0 Å². The number of hydrogen-bond donors (Lipinski definition) is 1. The van der Waals surface area contributed by atoms with E-state index in [9.17, 15) is 0 Å². The van der Waals surface area contributed by atoms with Crippen molar-refractivity contribution in [3.8, 4) is 0 Å². The zero-order chi connectivity index (χ0) is 15.0. The lowest BCUT2D eigenvalue weighted by Gasteiger charge is -2.27. The Hall–Kier alpha value is -0.620. The summed E-state index contributed by atoms with van der Waals surface area (Å²) in [7, 11) is 5.53. The van der Waals surface area contributed by atoms with Gasteiger partial charge in [-0.2, -0.15) is 0 Å². The molecule has 5 heteroatoms. The van der Waals surface area contributed by atoms with E-state index in [1.54, 1.807) is 14.2 Å². The number of methoxy groups -OCH3 is 2. The minimum Gasteiger partial charge on any atom is -0.383 e. The predicted molar refractivity (Wildman–Crippen MR) is 87.5 cm³/mol. The number of rotatable bonds is 9. The summed E-state index contributed by atoms with van der Waals surface area (Å²) >= 11 is 3.65. The summed E-state index contributed by atoms with van der Waals surface area (Å²) in [5.74, 6) is 0. The van der Waals surface area contributed by atoms with Gasteiger partial charge in [-0.1, -0.05) is 6.07 Å². The summed E-state index contributed by atoms with van der Waals surface area (Å²) in [4.78, 5) is 2.22. The molecule has 0 aliphatic rings. The van der Waals surface area contributed by atoms with Crippen molar-refractivity contribution in [2.45, 2.75) is 19.5 Å². The first-order valence-corrected chi connectivity index (χ1v) is 7.59. The third-order valence-corrected chi connectivity index (χ3v) is 3.91. The van der Waals surface area contributed by atoms with Crippen molar-refractivity contribution < 1.29 is 9.47 Å². The van der Waals surface area contributed by atoms with Gasteiger partial charge in [0.15, 0.2) is 0 Å². The molecule has 4 nitrogen and oxygen atoms in total. The van der Waals surface area contributed by atoms with Crippen molar-refractivity contribution in [2.75, 3.05) is 45.9 Å². The molecule has 0 heterocycles. The van der Waals surface area contributed by atoms with E-state index in [1.807, 2.05) is 0 Å². The van der Waals surface area contributed by atoms with Gasteiger partial charge in [0.05, 0.1) is 18.9 Å². The van der Waals surface area contributed by atoms with Gasteiger partial charge in [0, 0.05) is 44.9 Å². The van der Waals surface area contributed by atoms with E-state index in [4.69, 9.17) is 9.47 Å². The number of nitrogens with zero attached hydrogens (tertiary/aromatic N) is 1. The zero-order valence-electron chi connectivity index (χ0n) is 12.8. The maximum absolute atomic E-state index is 5.21. The van der Waals surface area contributed by atoms with Crippen molar-refractivity contribution in [2.24, 2.45) is 0 Å². The molecular weight excluding hydrogens is 320 g/mol. The monoisotopic (exact) mass is 344 g/mol. The van der Waals surface area contributed by atoms with Crippen LogP contribution in [0.25, 0.3) is 0 Å². The van der Waals surface area contributed by atoms with E-state index in [0.29, 0.717) is 12.6 Å². The van der Waals surface area contributed by atoms with Gasteiger partial charge < -0.3 is 19.7 Å². The topological polar surface area (TPSA) is 33.7 Å². The summed E-state index contributed by atoms with van der Waals surface area (Å²) in [6.45, 7) is 5.30. The normalized spacial score (nSPS) is 12.4. The van der Waals surface area contributed by atoms with Gasteiger partial charge in [0.2, 0.25) is 0 Å². The van der Waals surface area contributed by atoms with Crippen LogP contribution in [0.4, 0.5) is 5.69 Å². The SMILES string of the molecule is COCCNCc1ccc(N(C)C(C)COC)c(Br)c1. The van der Waals surface area contributed by atoms with E-state index in [0.717, 1.165) is 24.2 Å². The first-order chi connectivity index (χ1) is 9.60. The molecule has 1 unspecified atom stereocenters. The van der Waals surface area contributed by atoms with Crippen molar-refractivity contribution in [1.29, 1.82) is 0 Å². The fourth-order valence-electron chi connectivity index (χ4n) is 1.94. The lowest BCUT2D eigenvalue weighted by molar-refractivity contribution is 0.183. The van der Waals surface area contributed by atoms with Crippen molar-refractivity contribution in [1.82, 2.24) is 5.32 Å². The number of benzene rings is 1. The zero-order valence-corrected chi connectivity index (χ0v) is 14.4. The van der Waals surface area contributed by atoms with E-state index in [-0.39, 0.29) is 0 Å². The number of hydrogen-bond acceptors (Lipinski definition) is 4. The Kier molecular flexibility index (Phi) is 8.14. The summed E-state index contributed by atoms with van der Waals surface area (Å²) in [5, 5.41) is 3.34. The number of ether oxygens (including phenoxy) is 2. The average molecular weight is 345 g/mol. The second kappa shape index (κ2) is 9.34. The van der Waals surface area contributed by atoms with Crippen molar-refractivity contribution in [3.05, 3.63) is 28.2 Å². The van der Waals surface area contributed by atoms with Crippen LogP contribution in [0.1, 0.15) is 12.5 Å². The van der Waals surface area contributed by atoms with E-state index >= 15 is 0 Å². The first kappa shape index (κ1) is 17.4. The largest absolute Gasteiger partial charge is 0.383 e. The van der Waals surface area contributed by atoms with Crippen LogP contribution < -0.4 is 10.2 Å². The second-order valence-corrected chi connectivity index (χ2v) is 5.72. The maximum atomic E-state index is 5.21. The summed E-state index contributed by atoms with van der Waals surface area (Å²) < 4.78 is 11.3. The molecule has 0 aliphatic carbocycles. The van der Waals surface area contributed by atoms with Gasteiger partial charge in [0.25, 0.3) is 0 Å². The molecule has 0 bridgehead atoms. The molecule has 1 aromatic carbocycles. The second-order valence-electron chi connectivity index (χ2n) is 4.87. The minimum absolute atomic E-state index is 0.335. The lowest BCUT2D eigenvalue weighted by Crippen LogP contribution is -2.32. The summed E-state index contributed by atoms with van der Waals surface area (Å²) in [6, 6.07) is 6.78. The molecule has 0 fully saturated rings. The van der Waals surface area contributed by atoms with Gasteiger partial charge >= 0.3 is 0 Å². The Balaban J connectivity index is 2.63. The molecular formula is C15H25BrN2O2. The molecule has 1 aromatic rings. The molecule has 0 spiro atoms. The Bertz CT molecular complexity index is 401. The standard InChI is InChI=1S/C15H25BrN2O2/c1-12(11-20-4)18(2)15-6-5-13(9-14(15)16)10-17-7-8-19-3/h5-6,9,12,17H,7-8,10-11H2,1-4H3. The minimum atomic E-state index is 0.335. The molecule has 0 saturated heterocycles. The number of likely N-dealkylation sites (N-methyl/N-ethyl adjacent to an activating group) is 1.